The standard InChI is InChI=1S/C22H25N5O3S/c1-29-18-5-3-4-16(12-18)14-26-8-10-27(11-9-26)22-25-19(15-31-22)21(28)24-17-6-7-20(30-2)23-13-17/h3-7,12-13,15H,8-11,14H2,1-2H3,(H,24,28). The molecule has 0 spiro atoms. The molecule has 1 N–H and O–H groups in total. The number of anilines is 2. The van der Waals surface area contributed by atoms with Crippen LogP contribution in [0.4, 0.5) is 10.8 Å². The SMILES string of the molecule is COc1cccc(CN2CCN(c3nc(C(=O)Nc4ccc(OC)nc4)cs3)CC2)c1. The van der Waals surface area contributed by atoms with E-state index in [-0.39, 0.29) is 5.91 Å². The van der Waals surface area contributed by atoms with Crippen molar-refractivity contribution in [3.8, 4) is 11.6 Å². The molecule has 1 fully saturated rings. The first-order valence-electron chi connectivity index (χ1n) is 10.0. The third kappa shape index (κ3) is 5.31. The van der Waals surface area contributed by atoms with Crippen molar-refractivity contribution in [2.45, 2.75) is 6.54 Å². The van der Waals surface area contributed by atoms with E-state index in [0.717, 1.165) is 43.6 Å². The Morgan fingerprint density at radius 1 is 1.13 bits per heavy atom. The zero-order chi connectivity index (χ0) is 21.6. The van der Waals surface area contributed by atoms with Gasteiger partial charge in [-0.1, -0.05) is 12.1 Å². The molecule has 1 aromatic carbocycles. The van der Waals surface area contributed by atoms with E-state index in [2.05, 4.69) is 37.2 Å². The molecule has 9 heteroatoms. The molecule has 0 bridgehead atoms. The molecule has 31 heavy (non-hydrogen) atoms. The molecule has 1 aliphatic heterocycles. The number of hydrogen-bond acceptors (Lipinski definition) is 8. The number of pyridine rings is 1. The van der Waals surface area contributed by atoms with E-state index in [1.54, 1.807) is 37.9 Å². The first kappa shape index (κ1) is 21.1. The molecule has 3 heterocycles. The number of thiazole rings is 1. The van der Waals surface area contributed by atoms with Gasteiger partial charge in [0.2, 0.25) is 5.88 Å². The minimum Gasteiger partial charge on any atom is -0.497 e. The van der Waals surface area contributed by atoms with Gasteiger partial charge >= 0.3 is 0 Å². The maximum atomic E-state index is 12.5. The Balaban J connectivity index is 1.30. The van der Waals surface area contributed by atoms with Gasteiger partial charge in [-0.3, -0.25) is 9.69 Å². The lowest BCUT2D eigenvalue weighted by molar-refractivity contribution is 0.102. The van der Waals surface area contributed by atoms with Crippen molar-refractivity contribution in [1.82, 2.24) is 14.9 Å². The van der Waals surface area contributed by atoms with Crippen molar-refractivity contribution in [3.05, 3.63) is 59.2 Å². The fourth-order valence-electron chi connectivity index (χ4n) is 3.41. The molecular formula is C22H25N5O3S. The number of hydrogen-bond donors (Lipinski definition) is 1. The summed E-state index contributed by atoms with van der Waals surface area (Å²) >= 11 is 1.49. The third-order valence-corrected chi connectivity index (χ3v) is 6.01. The second kappa shape index (κ2) is 9.76. The van der Waals surface area contributed by atoms with Crippen molar-refractivity contribution in [2.75, 3.05) is 50.6 Å². The van der Waals surface area contributed by atoms with E-state index < -0.39 is 0 Å². The normalized spacial score (nSPS) is 14.3. The highest BCUT2D eigenvalue weighted by atomic mass is 32.1. The number of carbonyl (C=O) groups excluding carboxylic acids is 1. The average molecular weight is 440 g/mol. The molecule has 0 atom stereocenters. The number of ether oxygens (including phenoxy) is 2. The molecule has 0 aliphatic carbocycles. The molecule has 1 aliphatic rings. The molecule has 2 aromatic heterocycles. The highest BCUT2D eigenvalue weighted by Gasteiger charge is 2.21. The van der Waals surface area contributed by atoms with Crippen molar-refractivity contribution in [1.29, 1.82) is 0 Å². The van der Waals surface area contributed by atoms with Crippen molar-refractivity contribution in [2.24, 2.45) is 0 Å². The maximum absolute atomic E-state index is 12.5. The van der Waals surface area contributed by atoms with E-state index in [1.165, 1.54) is 16.9 Å². The fourth-order valence-corrected chi connectivity index (χ4v) is 4.27. The summed E-state index contributed by atoms with van der Waals surface area (Å²) in [6, 6.07) is 11.6. The lowest BCUT2D eigenvalue weighted by Gasteiger charge is -2.34. The van der Waals surface area contributed by atoms with Crippen LogP contribution in [0.25, 0.3) is 0 Å². The minimum absolute atomic E-state index is 0.244. The molecule has 4 rings (SSSR count). The zero-order valence-corrected chi connectivity index (χ0v) is 18.4. The number of methoxy groups -OCH3 is 2. The Morgan fingerprint density at radius 2 is 1.97 bits per heavy atom. The van der Waals surface area contributed by atoms with Crippen LogP contribution in [-0.2, 0) is 6.54 Å². The lowest BCUT2D eigenvalue weighted by atomic mass is 10.2. The summed E-state index contributed by atoms with van der Waals surface area (Å²) in [5.41, 5.74) is 2.26. The third-order valence-electron chi connectivity index (χ3n) is 5.11. The highest BCUT2D eigenvalue weighted by Crippen LogP contribution is 2.23. The van der Waals surface area contributed by atoms with Crippen LogP contribution >= 0.6 is 11.3 Å². The summed E-state index contributed by atoms with van der Waals surface area (Å²) in [6.07, 6.45) is 1.56. The Kier molecular flexibility index (Phi) is 6.63. The quantitative estimate of drug-likeness (QED) is 0.606. The molecule has 0 saturated carbocycles. The number of aromatic nitrogens is 2. The van der Waals surface area contributed by atoms with Crippen LogP contribution in [0.5, 0.6) is 11.6 Å². The number of nitrogens with zero attached hydrogens (tertiary/aromatic N) is 4. The van der Waals surface area contributed by atoms with E-state index in [4.69, 9.17) is 9.47 Å². The Labute approximate surface area is 185 Å². The number of amides is 1. The van der Waals surface area contributed by atoms with Crippen LogP contribution in [0.15, 0.2) is 48.0 Å². The van der Waals surface area contributed by atoms with Crippen LogP contribution < -0.4 is 19.7 Å². The predicted octanol–water partition coefficient (Wildman–Crippen LogP) is 3.13. The Hall–Kier alpha value is -3.17. The lowest BCUT2D eigenvalue weighted by Crippen LogP contribution is -2.46. The van der Waals surface area contributed by atoms with Gasteiger partial charge in [0, 0.05) is 44.2 Å². The van der Waals surface area contributed by atoms with E-state index >= 15 is 0 Å². The van der Waals surface area contributed by atoms with Crippen LogP contribution in [0.2, 0.25) is 0 Å². The molecule has 1 saturated heterocycles. The van der Waals surface area contributed by atoms with Crippen LogP contribution in [-0.4, -0.2) is 61.2 Å². The summed E-state index contributed by atoms with van der Waals surface area (Å²) in [6.45, 7) is 4.53. The summed E-state index contributed by atoms with van der Waals surface area (Å²) in [5, 5.41) is 5.49. The van der Waals surface area contributed by atoms with Crippen LogP contribution in [0.3, 0.4) is 0 Å². The fraction of sp³-hybridized carbons (Fsp3) is 0.318. The molecule has 0 radical (unpaired) electrons. The van der Waals surface area contributed by atoms with Gasteiger partial charge in [0.1, 0.15) is 11.4 Å². The molecule has 0 unspecified atom stereocenters. The van der Waals surface area contributed by atoms with E-state index in [9.17, 15) is 4.79 Å². The second-order valence-corrected chi connectivity index (χ2v) is 8.01. The number of piperazine rings is 1. The van der Waals surface area contributed by atoms with Gasteiger partial charge in [0.05, 0.1) is 26.1 Å². The highest BCUT2D eigenvalue weighted by molar-refractivity contribution is 7.14. The summed E-state index contributed by atoms with van der Waals surface area (Å²) in [4.78, 5) is 25.8. The Morgan fingerprint density at radius 3 is 2.68 bits per heavy atom. The monoisotopic (exact) mass is 439 g/mol. The van der Waals surface area contributed by atoms with E-state index in [1.807, 2.05) is 12.1 Å². The first-order valence-corrected chi connectivity index (χ1v) is 10.9. The van der Waals surface area contributed by atoms with Gasteiger partial charge in [-0.15, -0.1) is 11.3 Å². The number of rotatable bonds is 7. The van der Waals surface area contributed by atoms with E-state index in [0.29, 0.717) is 17.3 Å². The van der Waals surface area contributed by atoms with Gasteiger partial charge < -0.3 is 19.7 Å². The van der Waals surface area contributed by atoms with Gasteiger partial charge in [-0.05, 0) is 23.8 Å². The minimum atomic E-state index is -0.244. The largest absolute Gasteiger partial charge is 0.497 e. The number of benzene rings is 1. The second-order valence-electron chi connectivity index (χ2n) is 7.17. The van der Waals surface area contributed by atoms with Gasteiger partial charge in [-0.25, -0.2) is 9.97 Å². The summed E-state index contributed by atoms with van der Waals surface area (Å²) < 4.78 is 10.3. The van der Waals surface area contributed by atoms with Crippen molar-refractivity contribution < 1.29 is 14.3 Å². The predicted molar refractivity (Wildman–Crippen MR) is 121 cm³/mol. The number of carbonyl (C=O) groups is 1. The Bertz CT molecular complexity index is 1020. The topological polar surface area (TPSA) is 79.8 Å². The molecule has 162 valence electrons. The summed E-state index contributed by atoms with van der Waals surface area (Å²) in [5.74, 6) is 1.14. The summed E-state index contributed by atoms with van der Waals surface area (Å²) in [7, 11) is 3.24. The van der Waals surface area contributed by atoms with Gasteiger partial charge in [0.25, 0.3) is 5.91 Å². The van der Waals surface area contributed by atoms with Crippen molar-refractivity contribution in [3.63, 3.8) is 0 Å². The first-order chi connectivity index (χ1) is 15.1. The average Bonchev–Trinajstić information content (AvgIpc) is 3.31. The molecule has 3 aromatic rings. The molecule has 8 nitrogen and oxygen atoms in total. The maximum Gasteiger partial charge on any atom is 0.275 e. The van der Waals surface area contributed by atoms with Crippen LogP contribution in [0, 0.1) is 0 Å². The zero-order valence-electron chi connectivity index (χ0n) is 17.6. The van der Waals surface area contributed by atoms with Crippen molar-refractivity contribution >= 4 is 28.1 Å². The van der Waals surface area contributed by atoms with Crippen LogP contribution in [0.1, 0.15) is 16.1 Å². The molecule has 1 amide bonds. The smallest absolute Gasteiger partial charge is 0.275 e. The number of nitrogens with one attached hydrogen (secondary N) is 1. The van der Waals surface area contributed by atoms with Gasteiger partial charge in [0.15, 0.2) is 5.13 Å². The van der Waals surface area contributed by atoms with Gasteiger partial charge in [-0.2, -0.15) is 0 Å². The molecular weight excluding hydrogens is 414 g/mol.